The Balaban J connectivity index is 1.84. The van der Waals surface area contributed by atoms with Crippen molar-refractivity contribution >= 4 is 17.4 Å². The third-order valence-corrected chi connectivity index (χ3v) is 3.35. The van der Waals surface area contributed by atoms with Gasteiger partial charge < -0.3 is 14.8 Å². The van der Waals surface area contributed by atoms with Gasteiger partial charge in [0.2, 0.25) is 0 Å². The van der Waals surface area contributed by atoms with E-state index in [1.807, 2.05) is 0 Å². The fraction of sp³-hybridized carbons (Fsp3) is 0.176. The number of benzene rings is 2. The first-order valence-electron chi connectivity index (χ1n) is 6.96. The van der Waals surface area contributed by atoms with E-state index >= 15 is 0 Å². The van der Waals surface area contributed by atoms with Gasteiger partial charge in [0.25, 0.3) is 5.91 Å². The van der Waals surface area contributed by atoms with Gasteiger partial charge in [-0.3, -0.25) is 9.59 Å². The van der Waals surface area contributed by atoms with E-state index in [1.165, 1.54) is 6.92 Å². The molecule has 1 amide bonds. The summed E-state index contributed by atoms with van der Waals surface area (Å²) in [6.45, 7) is 2.44. The van der Waals surface area contributed by atoms with E-state index in [-0.39, 0.29) is 11.7 Å². The molecule has 5 nitrogen and oxygen atoms in total. The van der Waals surface area contributed by atoms with Gasteiger partial charge in [0, 0.05) is 17.3 Å². The van der Waals surface area contributed by atoms with Crippen LogP contribution in [0.4, 0.5) is 5.69 Å². The van der Waals surface area contributed by atoms with Crippen molar-refractivity contribution in [2.75, 3.05) is 18.5 Å². The second kappa shape index (κ2) is 5.89. The highest BCUT2D eigenvalue weighted by Crippen LogP contribution is 2.32. The van der Waals surface area contributed by atoms with E-state index in [2.05, 4.69) is 5.32 Å². The molecule has 22 heavy (non-hydrogen) atoms. The Hall–Kier alpha value is -2.82. The minimum Gasteiger partial charge on any atom is -0.486 e. The molecule has 5 heteroatoms. The topological polar surface area (TPSA) is 64.6 Å². The molecule has 0 fully saturated rings. The number of ketones is 1. The highest BCUT2D eigenvalue weighted by atomic mass is 16.6. The van der Waals surface area contributed by atoms with Gasteiger partial charge in [0.1, 0.15) is 13.2 Å². The number of ether oxygens (including phenoxy) is 2. The summed E-state index contributed by atoms with van der Waals surface area (Å²) in [6, 6.07) is 11.9. The molecule has 0 saturated heterocycles. The van der Waals surface area contributed by atoms with Crippen molar-refractivity contribution in [2.45, 2.75) is 6.92 Å². The van der Waals surface area contributed by atoms with Crippen LogP contribution >= 0.6 is 0 Å². The van der Waals surface area contributed by atoms with Crippen LogP contribution in [0.2, 0.25) is 0 Å². The van der Waals surface area contributed by atoms with Crippen molar-refractivity contribution in [3.8, 4) is 11.5 Å². The van der Waals surface area contributed by atoms with Crippen molar-refractivity contribution in [3.63, 3.8) is 0 Å². The second-order valence-corrected chi connectivity index (χ2v) is 4.91. The first kappa shape index (κ1) is 14.1. The Bertz CT molecular complexity index is 739. The van der Waals surface area contributed by atoms with Gasteiger partial charge in [-0.25, -0.2) is 0 Å². The average molecular weight is 297 g/mol. The molecule has 1 aliphatic rings. The maximum Gasteiger partial charge on any atom is 0.256 e. The maximum absolute atomic E-state index is 12.4. The second-order valence-electron chi connectivity index (χ2n) is 4.91. The normalized spacial score (nSPS) is 12.6. The number of amides is 1. The van der Waals surface area contributed by atoms with Crippen LogP contribution in [0, 0.1) is 0 Å². The van der Waals surface area contributed by atoms with Gasteiger partial charge in [-0.15, -0.1) is 0 Å². The molecule has 2 aromatic rings. The van der Waals surface area contributed by atoms with Crippen LogP contribution in [-0.4, -0.2) is 24.9 Å². The molecule has 112 valence electrons. The highest BCUT2D eigenvalue weighted by molar-refractivity contribution is 6.12. The summed E-state index contributed by atoms with van der Waals surface area (Å²) in [6.07, 6.45) is 0. The van der Waals surface area contributed by atoms with E-state index < -0.39 is 0 Å². The van der Waals surface area contributed by atoms with Crippen LogP contribution in [0.3, 0.4) is 0 Å². The lowest BCUT2D eigenvalue weighted by Gasteiger charge is -2.19. The van der Waals surface area contributed by atoms with Gasteiger partial charge in [-0.2, -0.15) is 0 Å². The van der Waals surface area contributed by atoms with E-state index in [0.717, 1.165) is 0 Å². The summed E-state index contributed by atoms with van der Waals surface area (Å²) >= 11 is 0. The predicted octanol–water partition coefficient (Wildman–Crippen LogP) is 2.91. The van der Waals surface area contributed by atoms with E-state index in [9.17, 15) is 9.59 Å². The zero-order valence-corrected chi connectivity index (χ0v) is 12.1. The van der Waals surface area contributed by atoms with E-state index in [1.54, 1.807) is 42.5 Å². The summed E-state index contributed by atoms with van der Waals surface area (Å²) in [7, 11) is 0. The molecular weight excluding hydrogens is 282 g/mol. The first-order chi connectivity index (χ1) is 10.6. The number of hydrogen-bond acceptors (Lipinski definition) is 4. The molecule has 0 unspecified atom stereocenters. The third-order valence-electron chi connectivity index (χ3n) is 3.35. The zero-order valence-electron chi connectivity index (χ0n) is 12.1. The smallest absolute Gasteiger partial charge is 0.256 e. The average Bonchev–Trinajstić information content (AvgIpc) is 2.54. The summed E-state index contributed by atoms with van der Waals surface area (Å²) in [5, 5.41) is 2.78. The molecule has 0 saturated carbocycles. The molecule has 1 N–H and O–H groups in total. The molecule has 1 aliphatic heterocycles. The predicted molar refractivity (Wildman–Crippen MR) is 81.8 cm³/mol. The fourth-order valence-corrected chi connectivity index (χ4v) is 2.31. The molecule has 2 aromatic carbocycles. The SMILES string of the molecule is CC(=O)c1ccccc1C(=O)Nc1ccc2c(c1)OCCO2. The molecular formula is C17H15NO4. The van der Waals surface area contributed by atoms with Crippen LogP contribution in [0.1, 0.15) is 27.6 Å². The van der Waals surface area contributed by atoms with E-state index in [4.69, 9.17) is 9.47 Å². The van der Waals surface area contributed by atoms with Crippen LogP contribution in [0.25, 0.3) is 0 Å². The maximum atomic E-state index is 12.4. The van der Waals surface area contributed by atoms with Gasteiger partial charge in [-0.1, -0.05) is 18.2 Å². The van der Waals surface area contributed by atoms with Crippen LogP contribution in [-0.2, 0) is 0 Å². The number of anilines is 1. The molecule has 0 radical (unpaired) electrons. The highest BCUT2D eigenvalue weighted by Gasteiger charge is 2.16. The summed E-state index contributed by atoms with van der Waals surface area (Å²) in [4.78, 5) is 24.0. The quantitative estimate of drug-likeness (QED) is 0.885. The number of hydrogen-bond donors (Lipinski definition) is 1. The minimum atomic E-state index is -0.331. The van der Waals surface area contributed by atoms with Crippen LogP contribution < -0.4 is 14.8 Å². The molecule has 0 atom stereocenters. The van der Waals surface area contributed by atoms with Crippen LogP contribution in [0.15, 0.2) is 42.5 Å². The monoisotopic (exact) mass is 297 g/mol. The zero-order chi connectivity index (χ0) is 15.5. The summed E-state index contributed by atoms with van der Waals surface area (Å²) in [5.41, 5.74) is 1.34. The molecule has 0 aliphatic carbocycles. The third kappa shape index (κ3) is 2.79. The van der Waals surface area contributed by atoms with Crippen molar-refractivity contribution in [1.29, 1.82) is 0 Å². The number of rotatable bonds is 3. The first-order valence-corrected chi connectivity index (χ1v) is 6.96. The number of fused-ring (bicyclic) bond motifs is 1. The Labute approximate surface area is 127 Å². The van der Waals surface area contributed by atoms with Crippen molar-refractivity contribution in [3.05, 3.63) is 53.6 Å². The number of nitrogens with one attached hydrogen (secondary N) is 1. The van der Waals surface area contributed by atoms with Crippen molar-refractivity contribution < 1.29 is 19.1 Å². The van der Waals surface area contributed by atoms with Gasteiger partial charge in [0.15, 0.2) is 17.3 Å². The lowest BCUT2D eigenvalue weighted by atomic mass is 10.0. The van der Waals surface area contributed by atoms with Crippen molar-refractivity contribution in [1.82, 2.24) is 0 Å². The number of carbonyl (C=O) groups is 2. The van der Waals surface area contributed by atoms with Gasteiger partial charge in [0.05, 0.1) is 5.56 Å². The fourth-order valence-electron chi connectivity index (χ4n) is 2.31. The van der Waals surface area contributed by atoms with Gasteiger partial charge in [-0.05, 0) is 25.1 Å². The number of Topliss-reactive ketones (excluding diaryl/α,β-unsaturated/α-hetero) is 1. The largest absolute Gasteiger partial charge is 0.486 e. The molecule has 3 rings (SSSR count). The Morgan fingerprint density at radius 3 is 2.36 bits per heavy atom. The summed E-state index contributed by atoms with van der Waals surface area (Å²) in [5.74, 6) is 0.785. The summed E-state index contributed by atoms with van der Waals surface area (Å²) < 4.78 is 10.9. The number of carbonyl (C=O) groups excluding carboxylic acids is 2. The lowest BCUT2D eigenvalue weighted by molar-refractivity contribution is 0.0985. The molecule has 0 spiro atoms. The molecule has 0 bridgehead atoms. The standard InChI is InChI=1S/C17H15NO4/c1-11(19)13-4-2-3-5-14(13)17(20)18-12-6-7-15-16(10-12)22-9-8-21-15/h2-7,10H,8-9H2,1H3,(H,18,20). The Kier molecular flexibility index (Phi) is 3.78. The van der Waals surface area contributed by atoms with Crippen molar-refractivity contribution in [2.24, 2.45) is 0 Å². The molecule has 1 heterocycles. The van der Waals surface area contributed by atoms with Crippen LogP contribution in [0.5, 0.6) is 11.5 Å². The Morgan fingerprint density at radius 1 is 0.955 bits per heavy atom. The minimum absolute atomic E-state index is 0.145. The lowest BCUT2D eigenvalue weighted by Crippen LogP contribution is -2.17. The van der Waals surface area contributed by atoms with Gasteiger partial charge >= 0.3 is 0 Å². The molecule has 0 aromatic heterocycles. The Morgan fingerprint density at radius 2 is 1.64 bits per heavy atom. The van der Waals surface area contributed by atoms with E-state index in [0.29, 0.717) is 41.5 Å².